The summed E-state index contributed by atoms with van der Waals surface area (Å²) in [6.45, 7) is 4.28. The van der Waals surface area contributed by atoms with E-state index in [2.05, 4.69) is 5.32 Å². The second-order valence-corrected chi connectivity index (χ2v) is 10.3. The van der Waals surface area contributed by atoms with Gasteiger partial charge in [-0.1, -0.05) is 37.3 Å². The van der Waals surface area contributed by atoms with Gasteiger partial charge in [-0.2, -0.15) is 0 Å². The van der Waals surface area contributed by atoms with Gasteiger partial charge in [-0.3, -0.25) is 9.10 Å². The van der Waals surface area contributed by atoms with E-state index in [0.717, 1.165) is 21.2 Å². The smallest absolute Gasteiger partial charge is 0.264 e. The van der Waals surface area contributed by atoms with Gasteiger partial charge in [0.05, 0.1) is 23.7 Å². The number of methoxy groups -OCH3 is 1. The molecule has 3 aromatic rings. The lowest BCUT2D eigenvalue weighted by Crippen LogP contribution is -2.42. The SMILES string of the molecule is CC[C@H](NC(=O)CN(c1ccc2c(c1)OCCO2)S(=O)(=O)c1ccccc1)c1ccc(OC)c(C)c1. The Morgan fingerprint density at radius 1 is 1.03 bits per heavy atom. The van der Waals surface area contributed by atoms with Gasteiger partial charge in [0.25, 0.3) is 10.0 Å². The van der Waals surface area contributed by atoms with Crippen molar-refractivity contribution in [2.45, 2.75) is 31.2 Å². The molecule has 190 valence electrons. The van der Waals surface area contributed by atoms with Crippen LogP contribution in [0.4, 0.5) is 5.69 Å². The Morgan fingerprint density at radius 3 is 2.42 bits per heavy atom. The van der Waals surface area contributed by atoms with Gasteiger partial charge < -0.3 is 19.5 Å². The molecule has 0 aromatic heterocycles. The minimum absolute atomic E-state index is 0.0884. The van der Waals surface area contributed by atoms with E-state index < -0.39 is 22.5 Å². The quantitative estimate of drug-likeness (QED) is 0.463. The van der Waals surface area contributed by atoms with E-state index >= 15 is 0 Å². The Morgan fingerprint density at radius 2 is 1.75 bits per heavy atom. The number of nitrogens with one attached hydrogen (secondary N) is 1. The number of aryl methyl sites for hydroxylation is 1. The van der Waals surface area contributed by atoms with Crippen LogP contribution in [0.3, 0.4) is 0 Å². The number of sulfonamides is 1. The highest BCUT2D eigenvalue weighted by Crippen LogP contribution is 2.35. The minimum Gasteiger partial charge on any atom is -0.496 e. The monoisotopic (exact) mass is 510 g/mol. The molecule has 1 aliphatic rings. The van der Waals surface area contributed by atoms with Crippen molar-refractivity contribution < 1.29 is 27.4 Å². The van der Waals surface area contributed by atoms with Gasteiger partial charge >= 0.3 is 0 Å². The molecule has 4 rings (SSSR count). The first-order chi connectivity index (χ1) is 17.3. The van der Waals surface area contributed by atoms with Crippen LogP contribution >= 0.6 is 0 Å². The average molecular weight is 511 g/mol. The fourth-order valence-corrected chi connectivity index (χ4v) is 5.57. The second kappa shape index (κ2) is 10.9. The van der Waals surface area contributed by atoms with Gasteiger partial charge in [0.15, 0.2) is 11.5 Å². The molecule has 36 heavy (non-hydrogen) atoms. The third kappa shape index (κ3) is 5.41. The van der Waals surface area contributed by atoms with Crippen molar-refractivity contribution in [3.05, 3.63) is 77.9 Å². The number of rotatable bonds is 9. The summed E-state index contributed by atoms with van der Waals surface area (Å²) in [5.41, 5.74) is 2.18. The number of amides is 1. The fraction of sp³-hybridized carbons (Fsp3) is 0.296. The number of ether oxygens (including phenoxy) is 3. The average Bonchev–Trinajstić information content (AvgIpc) is 2.90. The van der Waals surface area contributed by atoms with Crippen LogP contribution in [0.15, 0.2) is 71.6 Å². The number of carbonyl (C=O) groups excluding carboxylic acids is 1. The molecule has 1 aliphatic heterocycles. The van der Waals surface area contributed by atoms with Crippen LogP contribution < -0.4 is 23.8 Å². The molecular formula is C27H30N2O6S. The largest absolute Gasteiger partial charge is 0.496 e. The molecule has 9 heteroatoms. The molecule has 0 bridgehead atoms. The highest BCUT2D eigenvalue weighted by molar-refractivity contribution is 7.92. The van der Waals surface area contributed by atoms with Gasteiger partial charge in [0, 0.05) is 6.07 Å². The molecule has 0 radical (unpaired) electrons. The van der Waals surface area contributed by atoms with E-state index in [9.17, 15) is 13.2 Å². The number of hydrogen-bond acceptors (Lipinski definition) is 6. The van der Waals surface area contributed by atoms with Gasteiger partial charge in [0.2, 0.25) is 5.91 Å². The maximum absolute atomic E-state index is 13.6. The van der Waals surface area contributed by atoms with Gasteiger partial charge in [-0.15, -0.1) is 0 Å². The third-order valence-electron chi connectivity index (χ3n) is 6.00. The van der Waals surface area contributed by atoms with Crippen molar-refractivity contribution in [2.75, 3.05) is 31.2 Å². The zero-order valence-electron chi connectivity index (χ0n) is 20.6. The fourth-order valence-electron chi connectivity index (χ4n) is 4.13. The second-order valence-electron chi connectivity index (χ2n) is 8.41. The molecule has 1 heterocycles. The Hall–Kier alpha value is -3.72. The number of carbonyl (C=O) groups is 1. The molecule has 0 saturated carbocycles. The standard InChI is InChI=1S/C27H30N2O6S/c1-4-23(20-10-12-24(33-3)19(2)16-20)28-27(30)18-29(36(31,32)22-8-6-5-7-9-22)21-11-13-25-26(17-21)35-15-14-34-25/h5-13,16-17,23H,4,14-15,18H2,1-3H3,(H,28,30)/t23-/m0/s1. The molecule has 1 atom stereocenters. The van der Waals surface area contributed by atoms with Crippen molar-refractivity contribution in [1.82, 2.24) is 5.32 Å². The Labute approximate surface area is 211 Å². The van der Waals surface area contributed by atoms with E-state index in [-0.39, 0.29) is 10.9 Å². The molecular weight excluding hydrogens is 480 g/mol. The highest BCUT2D eigenvalue weighted by Gasteiger charge is 2.29. The Bertz CT molecular complexity index is 1330. The van der Waals surface area contributed by atoms with Crippen molar-refractivity contribution in [1.29, 1.82) is 0 Å². The summed E-state index contributed by atoms with van der Waals surface area (Å²) in [7, 11) is -2.43. The molecule has 8 nitrogen and oxygen atoms in total. The molecule has 0 fully saturated rings. The molecule has 0 spiro atoms. The van der Waals surface area contributed by atoms with E-state index in [4.69, 9.17) is 14.2 Å². The van der Waals surface area contributed by atoms with Crippen molar-refractivity contribution in [3.8, 4) is 17.2 Å². The lowest BCUT2D eigenvalue weighted by atomic mass is 10.0. The van der Waals surface area contributed by atoms with Crippen LogP contribution in [0, 0.1) is 6.92 Å². The Kier molecular flexibility index (Phi) is 7.69. The first-order valence-electron chi connectivity index (χ1n) is 11.7. The molecule has 0 saturated heterocycles. The molecule has 0 aliphatic carbocycles. The summed E-state index contributed by atoms with van der Waals surface area (Å²) < 4.78 is 44.9. The van der Waals surface area contributed by atoms with Gasteiger partial charge in [0.1, 0.15) is 25.5 Å². The van der Waals surface area contributed by atoms with Crippen LogP contribution in [-0.2, 0) is 14.8 Å². The first kappa shape index (κ1) is 25.4. The first-order valence-corrected chi connectivity index (χ1v) is 13.2. The molecule has 1 N–H and O–H groups in total. The lowest BCUT2D eigenvalue weighted by Gasteiger charge is -2.27. The van der Waals surface area contributed by atoms with E-state index in [1.165, 1.54) is 12.1 Å². The van der Waals surface area contributed by atoms with Crippen LogP contribution in [-0.4, -0.2) is 41.2 Å². The number of anilines is 1. The summed E-state index contributed by atoms with van der Waals surface area (Å²) in [5.74, 6) is 1.31. The number of hydrogen-bond donors (Lipinski definition) is 1. The predicted molar refractivity (Wildman–Crippen MR) is 137 cm³/mol. The van der Waals surface area contributed by atoms with Crippen molar-refractivity contribution in [2.24, 2.45) is 0 Å². The lowest BCUT2D eigenvalue weighted by molar-refractivity contribution is -0.120. The normalized spacial score (nSPS) is 13.5. The van der Waals surface area contributed by atoms with E-state index in [0.29, 0.717) is 36.8 Å². The van der Waals surface area contributed by atoms with E-state index in [1.54, 1.807) is 43.5 Å². The van der Waals surface area contributed by atoms with Crippen LogP contribution in [0.5, 0.6) is 17.2 Å². The van der Waals surface area contributed by atoms with Crippen LogP contribution in [0.1, 0.15) is 30.5 Å². The van der Waals surface area contributed by atoms with Crippen LogP contribution in [0.2, 0.25) is 0 Å². The van der Waals surface area contributed by atoms with Crippen molar-refractivity contribution in [3.63, 3.8) is 0 Å². The number of benzene rings is 3. The van der Waals surface area contributed by atoms with Gasteiger partial charge in [-0.25, -0.2) is 8.42 Å². The summed E-state index contributed by atoms with van der Waals surface area (Å²) >= 11 is 0. The van der Waals surface area contributed by atoms with Crippen LogP contribution in [0.25, 0.3) is 0 Å². The predicted octanol–water partition coefficient (Wildman–Crippen LogP) is 4.24. The topological polar surface area (TPSA) is 94.2 Å². The van der Waals surface area contributed by atoms with Gasteiger partial charge in [-0.05, 0) is 54.8 Å². The van der Waals surface area contributed by atoms with E-state index in [1.807, 2.05) is 32.0 Å². The zero-order chi connectivity index (χ0) is 25.7. The minimum atomic E-state index is -4.04. The summed E-state index contributed by atoms with van der Waals surface area (Å²) in [6, 6.07) is 18.4. The van der Waals surface area contributed by atoms with Crippen molar-refractivity contribution >= 4 is 21.6 Å². The number of fused-ring (bicyclic) bond motifs is 1. The number of nitrogens with zero attached hydrogens (tertiary/aromatic N) is 1. The summed E-state index contributed by atoms with van der Waals surface area (Å²) in [6.07, 6.45) is 0.632. The maximum Gasteiger partial charge on any atom is 0.264 e. The Balaban J connectivity index is 1.63. The summed E-state index contributed by atoms with van der Waals surface area (Å²) in [5, 5.41) is 2.99. The zero-order valence-corrected chi connectivity index (χ0v) is 21.4. The molecule has 0 unspecified atom stereocenters. The molecule has 1 amide bonds. The molecule has 3 aromatic carbocycles. The maximum atomic E-state index is 13.6. The summed E-state index contributed by atoms with van der Waals surface area (Å²) in [4.78, 5) is 13.3. The highest BCUT2D eigenvalue weighted by atomic mass is 32.2. The third-order valence-corrected chi connectivity index (χ3v) is 7.78.